The Labute approximate surface area is 97.4 Å². The first-order chi connectivity index (χ1) is 7.92. The number of rotatable bonds is 5. The van der Waals surface area contributed by atoms with E-state index in [0.29, 0.717) is 0 Å². The Kier molecular flexibility index (Phi) is 4.05. The number of hydrogen-bond donors (Lipinski definition) is 1. The molecule has 0 saturated carbocycles. The maximum Gasteiger partial charge on any atom is 0.0641 e. The first-order valence-electron chi connectivity index (χ1n) is 6.07. The lowest BCUT2D eigenvalue weighted by Crippen LogP contribution is -2.36. The molecule has 1 heterocycles. The lowest BCUT2D eigenvalue weighted by molar-refractivity contribution is 0.141. The van der Waals surface area contributed by atoms with Crippen molar-refractivity contribution in [3.8, 4) is 0 Å². The van der Waals surface area contributed by atoms with Gasteiger partial charge in [0, 0.05) is 26.2 Å². The first-order valence-corrected chi connectivity index (χ1v) is 6.07. The molecule has 3 heteroatoms. The standard InChI is InChI=1S/C13H20N2O/c1-2-10-16-11-9-15-8-7-14-12-5-3-4-6-13(12)15/h3-6,14H,2,7-11H2,1H3. The van der Waals surface area contributed by atoms with Gasteiger partial charge in [0.1, 0.15) is 0 Å². The van der Waals surface area contributed by atoms with E-state index in [1.54, 1.807) is 0 Å². The molecule has 0 aliphatic carbocycles. The first kappa shape index (κ1) is 11.3. The molecule has 0 saturated heterocycles. The van der Waals surface area contributed by atoms with Crippen LogP contribution in [-0.4, -0.2) is 32.8 Å². The monoisotopic (exact) mass is 220 g/mol. The molecule has 0 unspecified atom stereocenters. The highest BCUT2D eigenvalue weighted by Crippen LogP contribution is 2.27. The van der Waals surface area contributed by atoms with Crippen molar-refractivity contribution in [2.45, 2.75) is 13.3 Å². The average molecular weight is 220 g/mol. The van der Waals surface area contributed by atoms with Crippen LogP contribution in [0.4, 0.5) is 11.4 Å². The normalized spacial score (nSPS) is 14.4. The molecule has 0 fully saturated rings. The minimum Gasteiger partial charge on any atom is -0.382 e. The van der Waals surface area contributed by atoms with Crippen molar-refractivity contribution in [1.29, 1.82) is 0 Å². The quantitative estimate of drug-likeness (QED) is 0.771. The number of benzene rings is 1. The minimum atomic E-state index is 0.822. The fourth-order valence-corrected chi connectivity index (χ4v) is 2.00. The molecule has 1 aliphatic rings. The zero-order valence-electron chi connectivity index (χ0n) is 9.91. The van der Waals surface area contributed by atoms with E-state index in [2.05, 4.69) is 41.4 Å². The van der Waals surface area contributed by atoms with Gasteiger partial charge in [-0.3, -0.25) is 0 Å². The largest absolute Gasteiger partial charge is 0.382 e. The molecule has 2 rings (SSSR count). The van der Waals surface area contributed by atoms with Gasteiger partial charge >= 0.3 is 0 Å². The van der Waals surface area contributed by atoms with Crippen LogP contribution in [-0.2, 0) is 4.74 Å². The van der Waals surface area contributed by atoms with Gasteiger partial charge in [0.25, 0.3) is 0 Å². The van der Waals surface area contributed by atoms with Crippen LogP contribution in [0, 0.1) is 0 Å². The number of ether oxygens (including phenoxy) is 1. The van der Waals surface area contributed by atoms with Gasteiger partial charge in [0.15, 0.2) is 0 Å². The summed E-state index contributed by atoms with van der Waals surface area (Å²) in [5.41, 5.74) is 2.54. The molecule has 88 valence electrons. The zero-order chi connectivity index (χ0) is 11.2. The third kappa shape index (κ3) is 2.67. The Morgan fingerprint density at radius 3 is 3.06 bits per heavy atom. The SMILES string of the molecule is CCCOCCN1CCNc2ccccc21. The summed E-state index contributed by atoms with van der Waals surface area (Å²) >= 11 is 0. The van der Waals surface area contributed by atoms with E-state index in [-0.39, 0.29) is 0 Å². The molecule has 1 aromatic carbocycles. The Morgan fingerprint density at radius 1 is 1.31 bits per heavy atom. The molecule has 0 aromatic heterocycles. The summed E-state index contributed by atoms with van der Waals surface area (Å²) in [5, 5.41) is 3.41. The van der Waals surface area contributed by atoms with Gasteiger partial charge in [0.2, 0.25) is 0 Å². The number of anilines is 2. The zero-order valence-corrected chi connectivity index (χ0v) is 9.91. The lowest BCUT2D eigenvalue weighted by Gasteiger charge is -2.31. The van der Waals surface area contributed by atoms with Gasteiger partial charge in [0.05, 0.1) is 18.0 Å². The van der Waals surface area contributed by atoms with Crippen LogP contribution < -0.4 is 10.2 Å². The van der Waals surface area contributed by atoms with E-state index >= 15 is 0 Å². The molecule has 1 aliphatic heterocycles. The van der Waals surface area contributed by atoms with Gasteiger partial charge < -0.3 is 15.0 Å². The maximum atomic E-state index is 5.54. The van der Waals surface area contributed by atoms with Crippen molar-refractivity contribution in [2.24, 2.45) is 0 Å². The maximum absolute atomic E-state index is 5.54. The van der Waals surface area contributed by atoms with E-state index in [1.807, 2.05) is 0 Å². The van der Waals surface area contributed by atoms with Crippen molar-refractivity contribution >= 4 is 11.4 Å². The van der Waals surface area contributed by atoms with Crippen LogP contribution in [0.25, 0.3) is 0 Å². The smallest absolute Gasteiger partial charge is 0.0641 e. The van der Waals surface area contributed by atoms with Crippen LogP contribution in [0.3, 0.4) is 0 Å². The number of para-hydroxylation sites is 2. The van der Waals surface area contributed by atoms with Crippen LogP contribution in [0.1, 0.15) is 13.3 Å². The minimum absolute atomic E-state index is 0.822. The van der Waals surface area contributed by atoms with Crippen molar-refractivity contribution in [3.05, 3.63) is 24.3 Å². The molecule has 0 spiro atoms. The number of nitrogens with one attached hydrogen (secondary N) is 1. The van der Waals surface area contributed by atoms with Crippen LogP contribution in [0.2, 0.25) is 0 Å². The Morgan fingerprint density at radius 2 is 2.19 bits per heavy atom. The van der Waals surface area contributed by atoms with Gasteiger partial charge in [-0.1, -0.05) is 19.1 Å². The number of fused-ring (bicyclic) bond motifs is 1. The Hall–Kier alpha value is -1.22. The predicted octanol–water partition coefficient (Wildman–Crippen LogP) is 2.35. The topological polar surface area (TPSA) is 24.5 Å². The van der Waals surface area contributed by atoms with Crippen molar-refractivity contribution in [3.63, 3.8) is 0 Å². The van der Waals surface area contributed by atoms with Crippen molar-refractivity contribution in [1.82, 2.24) is 0 Å². The van der Waals surface area contributed by atoms with E-state index in [4.69, 9.17) is 4.74 Å². The summed E-state index contributed by atoms with van der Waals surface area (Å²) in [6.45, 7) is 6.89. The highest BCUT2D eigenvalue weighted by Gasteiger charge is 2.14. The van der Waals surface area contributed by atoms with E-state index in [9.17, 15) is 0 Å². The predicted molar refractivity (Wildman–Crippen MR) is 68.3 cm³/mol. The summed E-state index contributed by atoms with van der Waals surface area (Å²) in [6, 6.07) is 8.46. The fraction of sp³-hybridized carbons (Fsp3) is 0.538. The fourth-order valence-electron chi connectivity index (χ4n) is 2.00. The highest BCUT2D eigenvalue weighted by molar-refractivity contribution is 5.71. The highest BCUT2D eigenvalue weighted by atomic mass is 16.5. The lowest BCUT2D eigenvalue weighted by atomic mass is 10.2. The van der Waals surface area contributed by atoms with E-state index in [0.717, 1.165) is 39.3 Å². The summed E-state index contributed by atoms with van der Waals surface area (Å²) < 4.78 is 5.54. The summed E-state index contributed by atoms with van der Waals surface area (Å²) in [6.07, 6.45) is 1.10. The molecule has 0 bridgehead atoms. The Balaban J connectivity index is 1.91. The molecule has 3 nitrogen and oxygen atoms in total. The van der Waals surface area contributed by atoms with Crippen LogP contribution in [0.15, 0.2) is 24.3 Å². The number of hydrogen-bond acceptors (Lipinski definition) is 3. The number of nitrogens with zero attached hydrogens (tertiary/aromatic N) is 1. The second kappa shape index (κ2) is 5.75. The van der Waals surface area contributed by atoms with Crippen molar-refractivity contribution < 1.29 is 4.74 Å². The van der Waals surface area contributed by atoms with E-state index in [1.165, 1.54) is 11.4 Å². The molecule has 0 atom stereocenters. The van der Waals surface area contributed by atoms with Crippen molar-refractivity contribution in [2.75, 3.05) is 43.1 Å². The third-order valence-electron chi connectivity index (χ3n) is 2.80. The molecule has 1 N–H and O–H groups in total. The summed E-state index contributed by atoms with van der Waals surface area (Å²) in [4.78, 5) is 2.39. The van der Waals surface area contributed by atoms with E-state index < -0.39 is 0 Å². The third-order valence-corrected chi connectivity index (χ3v) is 2.80. The van der Waals surface area contributed by atoms with Gasteiger partial charge in [-0.15, -0.1) is 0 Å². The summed E-state index contributed by atoms with van der Waals surface area (Å²) in [5.74, 6) is 0. The van der Waals surface area contributed by atoms with Crippen LogP contribution >= 0.6 is 0 Å². The molecule has 16 heavy (non-hydrogen) atoms. The van der Waals surface area contributed by atoms with Gasteiger partial charge in [-0.2, -0.15) is 0 Å². The second-order valence-electron chi connectivity index (χ2n) is 4.04. The second-order valence-corrected chi connectivity index (χ2v) is 4.04. The Bertz CT molecular complexity index is 327. The summed E-state index contributed by atoms with van der Waals surface area (Å²) in [7, 11) is 0. The molecule has 1 aromatic rings. The molecular formula is C13H20N2O. The average Bonchev–Trinajstić information content (AvgIpc) is 2.35. The molecule has 0 amide bonds. The van der Waals surface area contributed by atoms with Gasteiger partial charge in [-0.05, 0) is 18.6 Å². The van der Waals surface area contributed by atoms with Crippen LogP contribution in [0.5, 0.6) is 0 Å². The molecular weight excluding hydrogens is 200 g/mol. The molecule has 0 radical (unpaired) electrons. The van der Waals surface area contributed by atoms with Gasteiger partial charge in [-0.25, -0.2) is 0 Å².